The minimum atomic E-state index is -0.396. The maximum absolute atomic E-state index is 11.4. The minimum absolute atomic E-state index is 0.371. The molecule has 0 saturated heterocycles. The SMILES string of the molecule is O=C1OC=c2c1ncc1c2=c2ccccc2=N1. The standard InChI is InChI=1S/C13H6N2O2/c16-13-12-8(6-17-13)11-7-3-1-2-4-9(7)15-10(11)5-14-12/h1-6H. The molecule has 0 N–H and O–H groups in total. The molecule has 0 saturated carbocycles. The molecule has 2 aliphatic heterocycles. The largest absolute Gasteiger partial charge is 0.429 e. The minimum Gasteiger partial charge on any atom is -0.429 e. The monoisotopic (exact) mass is 222 g/mol. The van der Waals surface area contributed by atoms with Gasteiger partial charge in [0.25, 0.3) is 0 Å². The third-order valence-electron chi connectivity index (χ3n) is 2.99. The fourth-order valence-corrected chi connectivity index (χ4v) is 2.24. The fraction of sp³-hybridized carbons (Fsp3) is 0. The molecule has 0 aliphatic carbocycles. The molecule has 2 aromatic rings. The molecule has 17 heavy (non-hydrogen) atoms. The topological polar surface area (TPSA) is 51.5 Å². The zero-order chi connectivity index (χ0) is 11.4. The molecule has 0 atom stereocenters. The van der Waals surface area contributed by atoms with Crippen LogP contribution in [0, 0.1) is 10.4 Å². The highest BCUT2D eigenvalue weighted by Crippen LogP contribution is 2.15. The lowest BCUT2D eigenvalue weighted by Gasteiger charge is -1.92. The van der Waals surface area contributed by atoms with Crippen molar-refractivity contribution < 1.29 is 9.53 Å². The third-order valence-corrected chi connectivity index (χ3v) is 2.99. The zero-order valence-electron chi connectivity index (χ0n) is 8.68. The highest BCUT2D eigenvalue weighted by molar-refractivity contribution is 5.92. The van der Waals surface area contributed by atoms with Crippen LogP contribution in [0.3, 0.4) is 0 Å². The van der Waals surface area contributed by atoms with Crippen LogP contribution in [0.25, 0.3) is 6.26 Å². The first-order valence-corrected chi connectivity index (χ1v) is 5.23. The van der Waals surface area contributed by atoms with Crippen molar-refractivity contribution in [2.45, 2.75) is 0 Å². The molecule has 4 heteroatoms. The van der Waals surface area contributed by atoms with Gasteiger partial charge in [0.1, 0.15) is 6.26 Å². The molecule has 3 heterocycles. The second kappa shape index (κ2) is 2.79. The Kier molecular flexibility index (Phi) is 1.42. The van der Waals surface area contributed by atoms with E-state index in [0.717, 1.165) is 26.7 Å². The second-order valence-corrected chi connectivity index (χ2v) is 3.93. The van der Waals surface area contributed by atoms with Crippen molar-refractivity contribution in [2.75, 3.05) is 0 Å². The predicted octanol–water partition coefficient (Wildman–Crippen LogP) is 0.542. The summed E-state index contributed by atoms with van der Waals surface area (Å²) in [4.78, 5) is 20.0. The van der Waals surface area contributed by atoms with Gasteiger partial charge in [-0.1, -0.05) is 18.2 Å². The number of pyridine rings is 1. The molecular formula is C13H6N2O2. The highest BCUT2D eigenvalue weighted by Gasteiger charge is 2.20. The maximum Gasteiger partial charge on any atom is 0.362 e. The van der Waals surface area contributed by atoms with Crippen molar-refractivity contribution >= 4 is 17.9 Å². The molecular weight excluding hydrogens is 216 g/mol. The summed E-state index contributed by atoms with van der Waals surface area (Å²) in [6, 6.07) is 7.82. The first-order valence-electron chi connectivity index (χ1n) is 5.23. The molecule has 2 aliphatic rings. The van der Waals surface area contributed by atoms with Crippen molar-refractivity contribution in [2.24, 2.45) is 4.99 Å². The van der Waals surface area contributed by atoms with Gasteiger partial charge in [-0.15, -0.1) is 0 Å². The summed E-state index contributed by atoms with van der Waals surface area (Å²) in [6.45, 7) is 0. The molecule has 4 rings (SSSR count). The quantitative estimate of drug-likeness (QED) is 0.522. The van der Waals surface area contributed by atoms with Crippen molar-refractivity contribution in [1.82, 2.24) is 4.98 Å². The van der Waals surface area contributed by atoms with Crippen LogP contribution in [0.5, 0.6) is 0 Å². The van der Waals surface area contributed by atoms with Gasteiger partial charge in [0.05, 0.1) is 22.5 Å². The van der Waals surface area contributed by atoms with Gasteiger partial charge in [-0.25, -0.2) is 14.8 Å². The average Bonchev–Trinajstić information content (AvgIpc) is 2.90. The van der Waals surface area contributed by atoms with E-state index in [1.54, 1.807) is 6.20 Å². The van der Waals surface area contributed by atoms with E-state index < -0.39 is 5.97 Å². The Labute approximate surface area is 95.2 Å². The van der Waals surface area contributed by atoms with Gasteiger partial charge in [-0.05, 0) is 6.07 Å². The lowest BCUT2D eigenvalue weighted by atomic mass is 10.2. The van der Waals surface area contributed by atoms with Crippen LogP contribution in [0.15, 0.2) is 35.5 Å². The Morgan fingerprint density at radius 1 is 1.18 bits per heavy atom. The molecule has 0 bridgehead atoms. The van der Waals surface area contributed by atoms with Crippen molar-refractivity contribution in [3.05, 3.63) is 57.2 Å². The highest BCUT2D eigenvalue weighted by atomic mass is 16.5. The van der Waals surface area contributed by atoms with E-state index in [1.165, 1.54) is 6.26 Å². The summed E-state index contributed by atoms with van der Waals surface area (Å²) in [5.41, 5.74) is 1.16. The summed E-state index contributed by atoms with van der Waals surface area (Å²) in [6.07, 6.45) is 3.08. The number of hydrogen-bond donors (Lipinski definition) is 0. The first-order chi connectivity index (χ1) is 8.34. The first kappa shape index (κ1) is 8.64. The van der Waals surface area contributed by atoms with Crippen LogP contribution in [-0.2, 0) is 4.74 Å². The lowest BCUT2D eigenvalue weighted by molar-refractivity contribution is 0.0716. The van der Waals surface area contributed by atoms with E-state index in [4.69, 9.17) is 4.74 Å². The van der Waals surface area contributed by atoms with Crippen LogP contribution in [-0.4, -0.2) is 11.0 Å². The third kappa shape index (κ3) is 0.990. The molecule has 4 nitrogen and oxygen atoms in total. The number of carbonyl (C=O) groups is 1. The fourth-order valence-electron chi connectivity index (χ4n) is 2.24. The molecule has 0 unspecified atom stereocenters. The number of aromatic nitrogens is 1. The summed E-state index contributed by atoms with van der Waals surface area (Å²) in [5.74, 6) is -0.396. The number of cyclic esters (lactones) is 1. The van der Waals surface area contributed by atoms with Crippen LogP contribution in [0.2, 0.25) is 0 Å². The van der Waals surface area contributed by atoms with Gasteiger partial charge >= 0.3 is 5.97 Å². The number of ether oxygens (including phenoxy) is 1. The van der Waals surface area contributed by atoms with Crippen molar-refractivity contribution in [3.8, 4) is 0 Å². The second-order valence-electron chi connectivity index (χ2n) is 3.93. The number of rotatable bonds is 0. The smallest absolute Gasteiger partial charge is 0.362 e. The number of benzene rings is 1. The molecule has 0 radical (unpaired) electrons. The molecule has 0 fully saturated rings. The summed E-state index contributed by atoms with van der Waals surface area (Å²) >= 11 is 0. The number of carbonyl (C=O) groups excluding carboxylic acids is 1. The number of para-hydroxylation sites is 1. The van der Waals surface area contributed by atoms with E-state index in [9.17, 15) is 4.79 Å². The van der Waals surface area contributed by atoms with Gasteiger partial charge in [0, 0.05) is 10.4 Å². The number of fused-ring (bicyclic) bond motifs is 4. The lowest BCUT2D eigenvalue weighted by Crippen LogP contribution is -2.12. The van der Waals surface area contributed by atoms with Crippen LogP contribution in [0.4, 0.5) is 5.69 Å². The van der Waals surface area contributed by atoms with Gasteiger partial charge in [0.2, 0.25) is 0 Å². The van der Waals surface area contributed by atoms with E-state index >= 15 is 0 Å². The molecule has 1 aromatic heterocycles. The van der Waals surface area contributed by atoms with Crippen LogP contribution >= 0.6 is 0 Å². The van der Waals surface area contributed by atoms with Crippen molar-refractivity contribution in [3.63, 3.8) is 0 Å². The van der Waals surface area contributed by atoms with E-state index in [2.05, 4.69) is 9.98 Å². The summed E-state index contributed by atoms with van der Waals surface area (Å²) in [5, 5.41) is 3.61. The Morgan fingerprint density at radius 3 is 3.00 bits per heavy atom. The van der Waals surface area contributed by atoms with Crippen LogP contribution in [0.1, 0.15) is 10.5 Å². The molecule has 0 spiro atoms. The normalized spacial score (nSPS) is 14.2. The number of esters is 1. The molecule has 1 aromatic carbocycles. The predicted molar refractivity (Wildman–Crippen MR) is 58.7 cm³/mol. The summed E-state index contributed by atoms with van der Waals surface area (Å²) < 4.78 is 4.90. The average molecular weight is 222 g/mol. The van der Waals surface area contributed by atoms with Gasteiger partial charge < -0.3 is 4.74 Å². The maximum atomic E-state index is 11.4. The number of hydrogen-bond acceptors (Lipinski definition) is 4. The Hall–Kier alpha value is -2.49. The summed E-state index contributed by atoms with van der Waals surface area (Å²) in [7, 11) is 0. The van der Waals surface area contributed by atoms with Gasteiger partial charge in [-0.2, -0.15) is 0 Å². The Morgan fingerprint density at radius 2 is 2.06 bits per heavy atom. The zero-order valence-corrected chi connectivity index (χ0v) is 8.68. The Balaban J connectivity index is 2.38. The molecule has 0 amide bonds. The van der Waals surface area contributed by atoms with E-state index in [-0.39, 0.29) is 0 Å². The number of nitrogens with zero attached hydrogens (tertiary/aromatic N) is 2. The van der Waals surface area contributed by atoms with Gasteiger partial charge in [-0.3, -0.25) is 0 Å². The van der Waals surface area contributed by atoms with E-state index in [1.807, 2.05) is 24.3 Å². The molecule has 80 valence electrons. The van der Waals surface area contributed by atoms with Crippen LogP contribution < -0.4 is 10.6 Å². The van der Waals surface area contributed by atoms with Gasteiger partial charge in [0.15, 0.2) is 5.69 Å². The van der Waals surface area contributed by atoms with Crippen molar-refractivity contribution in [1.29, 1.82) is 0 Å². The van der Waals surface area contributed by atoms with E-state index in [0.29, 0.717) is 5.69 Å². The Bertz CT molecular complexity index is 885.